The van der Waals surface area contributed by atoms with E-state index < -0.39 is 5.91 Å². The second-order valence-corrected chi connectivity index (χ2v) is 6.49. The minimum absolute atomic E-state index is 0.142. The molecule has 4 rings (SSSR count). The number of hydrogen-bond acceptors (Lipinski definition) is 5. The molecule has 0 atom stereocenters. The van der Waals surface area contributed by atoms with Gasteiger partial charge in [-0.1, -0.05) is 12.1 Å². The van der Waals surface area contributed by atoms with E-state index in [9.17, 15) is 9.59 Å². The average Bonchev–Trinajstić information content (AvgIpc) is 3.23. The molecule has 7 heteroatoms. The number of H-pyrrole nitrogens is 1. The van der Waals surface area contributed by atoms with Crippen molar-refractivity contribution in [1.82, 2.24) is 15.2 Å². The van der Waals surface area contributed by atoms with Gasteiger partial charge in [0.25, 0.3) is 11.5 Å². The van der Waals surface area contributed by atoms with Crippen LogP contribution in [0.4, 0.5) is 5.13 Å². The van der Waals surface area contributed by atoms with Crippen molar-refractivity contribution in [1.29, 1.82) is 0 Å². The summed E-state index contributed by atoms with van der Waals surface area (Å²) in [5.41, 5.74) is 4.52. The zero-order valence-corrected chi connectivity index (χ0v) is 13.5. The Labute approximate surface area is 141 Å². The van der Waals surface area contributed by atoms with E-state index in [1.165, 1.54) is 41.0 Å². The quantitative estimate of drug-likeness (QED) is 0.768. The van der Waals surface area contributed by atoms with Crippen molar-refractivity contribution in [2.24, 2.45) is 0 Å². The molecule has 24 heavy (non-hydrogen) atoms. The molecule has 0 spiro atoms. The molecule has 1 aliphatic carbocycles. The maximum absolute atomic E-state index is 12.1. The highest BCUT2D eigenvalue weighted by Gasteiger charge is 2.14. The lowest BCUT2D eigenvalue weighted by atomic mass is 10.1. The van der Waals surface area contributed by atoms with Gasteiger partial charge in [0.1, 0.15) is 5.69 Å². The number of hydrogen-bond donors (Lipinski definition) is 2. The average molecular weight is 338 g/mol. The first-order chi connectivity index (χ1) is 11.7. The SMILES string of the molecule is O=C(Nc1nc(-c2ccc3c(c2)CCC3)cs1)c1ccc(=O)[nH]n1. The highest BCUT2D eigenvalue weighted by atomic mass is 32.1. The highest BCUT2D eigenvalue weighted by molar-refractivity contribution is 7.14. The number of amides is 1. The van der Waals surface area contributed by atoms with E-state index in [-0.39, 0.29) is 11.3 Å². The number of carbonyl (C=O) groups excluding carboxylic acids is 1. The zero-order chi connectivity index (χ0) is 16.5. The minimum Gasteiger partial charge on any atom is -0.296 e. The van der Waals surface area contributed by atoms with Crippen molar-refractivity contribution in [2.75, 3.05) is 5.32 Å². The van der Waals surface area contributed by atoms with Gasteiger partial charge in [-0.15, -0.1) is 11.3 Å². The van der Waals surface area contributed by atoms with Crippen LogP contribution in [0, 0.1) is 0 Å². The van der Waals surface area contributed by atoms with Gasteiger partial charge in [-0.2, -0.15) is 5.10 Å². The Balaban J connectivity index is 1.53. The molecule has 1 aliphatic rings. The van der Waals surface area contributed by atoms with Gasteiger partial charge in [0.2, 0.25) is 0 Å². The molecule has 1 amide bonds. The molecule has 0 saturated carbocycles. The minimum atomic E-state index is -0.402. The fourth-order valence-corrected chi connectivity index (χ4v) is 3.54. The van der Waals surface area contributed by atoms with Crippen molar-refractivity contribution >= 4 is 22.4 Å². The Morgan fingerprint density at radius 2 is 2.04 bits per heavy atom. The van der Waals surface area contributed by atoms with E-state index in [4.69, 9.17) is 0 Å². The molecule has 0 aliphatic heterocycles. The van der Waals surface area contributed by atoms with Gasteiger partial charge >= 0.3 is 0 Å². The third-order valence-electron chi connectivity index (χ3n) is 4.03. The molecular weight excluding hydrogens is 324 g/mol. The fourth-order valence-electron chi connectivity index (χ4n) is 2.83. The van der Waals surface area contributed by atoms with E-state index in [1.54, 1.807) is 0 Å². The van der Waals surface area contributed by atoms with Crippen LogP contribution in [0.1, 0.15) is 28.0 Å². The molecule has 0 unspecified atom stereocenters. The topological polar surface area (TPSA) is 87.7 Å². The van der Waals surface area contributed by atoms with Crippen LogP contribution in [0.5, 0.6) is 0 Å². The van der Waals surface area contributed by atoms with E-state index in [2.05, 4.69) is 38.7 Å². The van der Waals surface area contributed by atoms with Crippen LogP contribution in [-0.4, -0.2) is 21.1 Å². The number of thiazole rings is 1. The second kappa shape index (κ2) is 6.01. The van der Waals surface area contributed by atoms with Crippen molar-refractivity contribution in [2.45, 2.75) is 19.3 Å². The smallest absolute Gasteiger partial charge is 0.277 e. The highest BCUT2D eigenvalue weighted by Crippen LogP contribution is 2.30. The summed E-state index contributed by atoms with van der Waals surface area (Å²) in [4.78, 5) is 27.6. The molecule has 3 aromatic rings. The summed E-state index contributed by atoms with van der Waals surface area (Å²) < 4.78 is 0. The molecule has 120 valence electrons. The van der Waals surface area contributed by atoms with Crippen LogP contribution in [0.2, 0.25) is 0 Å². The van der Waals surface area contributed by atoms with Crippen molar-refractivity contribution in [3.05, 3.63) is 62.9 Å². The van der Waals surface area contributed by atoms with Crippen molar-refractivity contribution in [3.63, 3.8) is 0 Å². The summed E-state index contributed by atoms with van der Waals surface area (Å²) >= 11 is 1.36. The maximum Gasteiger partial charge on any atom is 0.277 e. The summed E-state index contributed by atoms with van der Waals surface area (Å²) in [6.45, 7) is 0. The molecule has 1 aromatic carbocycles. The van der Waals surface area contributed by atoms with Crippen LogP contribution in [0.15, 0.2) is 40.5 Å². The summed E-state index contributed by atoms with van der Waals surface area (Å²) in [5, 5.41) is 11.1. The van der Waals surface area contributed by atoms with Gasteiger partial charge in [0, 0.05) is 17.0 Å². The van der Waals surface area contributed by atoms with Crippen LogP contribution in [0.3, 0.4) is 0 Å². The van der Waals surface area contributed by atoms with E-state index in [0.29, 0.717) is 5.13 Å². The Bertz CT molecular complexity index is 956. The van der Waals surface area contributed by atoms with E-state index in [1.807, 2.05) is 5.38 Å². The normalized spacial score (nSPS) is 12.8. The Kier molecular flexibility index (Phi) is 3.70. The molecule has 0 bridgehead atoms. The van der Waals surface area contributed by atoms with E-state index in [0.717, 1.165) is 24.1 Å². The first-order valence-corrected chi connectivity index (χ1v) is 8.52. The van der Waals surface area contributed by atoms with Crippen molar-refractivity contribution in [3.8, 4) is 11.3 Å². The Morgan fingerprint density at radius 3 is 2.88 bits per heavy atom. The third-order valence-corrected chi connectivity index (χ3v) is 4.79. The molecule has 0 radical (unpaired) electrons. The van der Waals surface area contributed by atoms with Gasteiger partial charge in [0.15, 0.2) is 5.13 Å². The standard InChI is InChI=1S/C17H14N4O2S/c22-15-7-6-13(20-21-15)16(23)19-17-18-14(9-24-17)12-5-4-10-2-1-3-11(10)8-12/h4-9H,1-3H2,(H,21,22)(H,18,19,23). The lowest BCUT2D eigenvalue weighted by Gasteiger charge is -2.02. The number of benzene rings is 1. The molecular formula is C17H14N4O2S. The summed E-state index contributed by atoms with van der Waals surface area (Å²) in [5.74, 6) is -0.402. The van der Waals surface area contributed by atoms with Crippen LogP contribution < -0.4 is 10.9 Å². The molecule has 2 N–H and O–H groups in total. The number of fused-ring (bicyclic) bond motifs is 1. The lowest BCUT2D eigenvalue weighted by Crippen LogP contribution is -2.17. The van der Waals surface area contributed by atoms with Crippen molar-refractivity contribution < 1.29 is 4.79 Å². The zero-order valence-electron chi connectivity index (χ0n) is 12.7. The number of aromatic amines is 1. The maximum atomic E-state index is 12.1. The predicted octanol–water partition coefficient (Wildman–Crippen LogP) is 2.63. The monoisotopic (exact) mass is 338 g/mol. The number of anilines is 1. The lowest BCUT2D eigenvalue weighted by molar-refractivity contribution is 0.102. The number of aryl methyl sites for hydroxylation is 2. The summed E-state index contributed by atoms with van der Waals surface area (Å²) in [6.07, 6.45) is 3.48. The third kappa shape index (κ3) is 2.85. The Hall–Kier alpha value is -2.80. The summed E-state index contributed by atoms with van der Waals surface area (Å²) in [7, 11) is 0. The molecule has 2 aromatic heterocycles. The first-order valence-electron chi connectivity index (χ1n) is 7.64. The van der Waals surface area contributed by atoms with E-state index >= 15 is 0 Å². The van der Waals surface area contributed by atoms with Crippen LogP contribution >= 0.6 is 11.3 Å². The first kappa shape index (κ1) is 14.8. The van der Waals surface area contributed by atoms with Gasteiger partial charge in [-0.25, -0.2) is 10.1 Å². The Morgan fingerprint density at radius 1 is 1.17 bits per heavy atom. The van der Waals surface area contributed by atoms with Crippen LogP contribution in [-0.2, 0) is 12.8 Å². The number of aromatic nitrogens is 3. The molecule has 2 heterocycles. The fraction of sp³-hybridized carbons (Fsp3) is 0.176. The molecule has 0 fully saturated rings. The van der Waals surface area contributed by atoms with Gasteiger partial charge in [-0.3, -0.25) is 14.9 Å². The number of nitrogens with zero attached hydrogens (tertiary/aromatic N) is 2. The number of nitrogens with one attached hydrogen (secondary N) is 2. The van der Waals surface area contributed by atoms with Gasteiger partial charge in [0.05, 0.1) is 5.69 Å². The summed E-state index contributed by atoms with van der Waals surface area (Å²) in [6, 6.07) is 9.07. The second-order valence-electron chi connectivity index (χ2n) is 5.64. The predicted molar refractivity (Wildman–Crippen MR) is 92.4 cm³/mol. The molecule has 6 nitrogen and oxygen atoms in total. The van der Waals surface area contributed by atoms with Gasteiger partial charge in [-0.05, 0) is 42.5 Å². The largest absolute Gasteiger partial charge is 0.296 e. The number of carbonyl (C=O) groups is 1. The number of rotatable bonds is 3. The van der Waals surface area contributed by atoms with Gasteiger partial charge < -0.3 is 0 Å². The van der Waals surface area contributed by atoms with Crippen LogP contribution in [0.25, 0.3) is 11.3 Å². The molecule has 0 saturated heterocycles.